The summed E-state index contributed by atoms with van der Waals surface area (Å²) in [5.41, 5.74) is 1.95. The average molecular weight is 461 g/mol. The minimum absolute atomic E-state index is 0.0958. The van der Waals surface area contributed by atoms with E-state index >= 15 is 0 Å². The van der Waals surface area contributed by atoms with E-state index in [-0.39, 0.29) is 36.0 Å². The van der Waals surface area contributed by atoms with Crippen LogP contribution in [0.15, 0.2) is 76.8 Å². The summed E-state index contributed by atoms with van der Waals surface area (Å²) in [7, 11) is -5.77. The molecule has 1 aromatic heterocycles. The van der Waals surface area contributed by atoms with Crippen LogP contribution in [0.1, 0.15) is 6.42 Å². The second-order valence-electron chi connectivity index (χ2n) is 7.40. The van der Waals surface area contributed by atoms with Crippen LogP contribution in [-0.2, 0) is 27.1 Å². The Morgan fingerprint density at radius 1 is 0.710 bits per heavy atom. The summed E-state index contributed by atoms with van der Waals surface area (Å²) >= 11 is 0. The molecule has 1 saturated heterocycles. The fraction of sp³-hybridized carbons (Fsp3) is 0.286. The van der Waals surface area contributed by atoms with Gasteiger partial charge < -0.3 is 0 Å². The number of hydrogen-bond acceptors (Lipinski definition) is 5. The van der Waals surface area contributed by atoms with Gasteiger partial charge in [0.1, 0.15) is 4.90 Å². The molecule has 1 aliphatic heterocycles. The van der Waals surface area contributed by atoms with Crippen molar-refractivity contribution in [2.45, 2.75) is 16.2 Å². The van der Waals surface area contributed by atoms with Gasteiger partial charge in [-0.15, -0.1) is 0 Å². The van der Waals surface area contributed by atoms with Crippen LogP contribution in [0.3, 0.4) is 0 Å². The van der Waals surface area contributed by atoms with E-state index in [1.54, 1.807) is 31.3 Å². The van der Waals surface area contributed by atoms with Crippen LogP contribution in [0.2, 0.25) is 0 Å². The number of benzene rings is 2. The number of hydrogen-bond donors (Lipinski definition) is 0. The van der Waals surface area contributed by atoms with Crippen LogP contribution in [0.25, 0.3) is 11.1 Å². The molecule has 0 bridgehead atoms. The third-order valence-electron chi connectivity index (χ3n) is 5.33. The zero-order chi connectivity index (χ0) is 22.1. The number of aryl methyl sites for hydroxylation is 1. The van der Waals surface area contributed by atoms with Gasteiger partial charge >= 0.3 is 0 Å². The van der Waals surface area contributed by atoms with Gasteiger partial charge in [0.25, 0.3) is 0 Å². The Kier molecular flexibility index (Phi) is 5.98. The fourth-order valence-electron chi connectivity index (χ4n) is 3.63. The second kappa shape index (κ2) is 8.54. The van der Waals surface area contributed by atoms with Crippen molar-refractivity contribution in [3.8, 4) is 11.1 Å². The van der Waals surface area contributed by atoms with E-state index in [9.17, 15) is 16.8 Å². The quantitative estimate of drug-likeness (QED) is 0.582. The molecule has 2 aromatic carbocycles. The van der Waals surface area contributed by atoms with E-state index in [0.29, 0.717) is 6.42 Å². The van der Waals surface area contributed by atoms with Crippen molar-refractivity contribution in [2.24, 2.45) is 7.05 Å². The molecule has 0 amide bonds. The number of rotatable bonds is 5. The molecule has 164 valence electrons. The van der Waals surface area contributed by atoms with Gasteiger partial charge in [-0.3, -0.25) is 4.68 Å². The Morgan fingerprint density at radius 2 is 1.26 bits per heavy atom. The van der Waals surface area contributed by atoms with Gasteiger partial charge in [0.15, 0.2) is 0 Å². The molecule has 10 heteroatoms. The van der Waals surface area contributed by atoms with Crippen LogP contribution >= 0.6 is 0 Å². The van der Waals surface area contributed by atoms with Gasteiger partial charge in [0.2, 0.25) is 20.0 Å². The first-order valence-corrected chi connectivity index (χ1v) is 12.8. The standard InChI is InChI=1S/C21H24N4O4S2/c1-23-17-21(16-22-23)31(28,29)25-13-5-12-24(14-15-25)30(26,27)20-10-8-19(9-11-20)18-6-3-2-4-7-18/h2-4,6-11,16-17H,5,12-15H2,1H3. The zero-order valence-electron chi connectivity index (χ0n) is 17.1. The predicted octanol–water partition coefficient (Wildman–Crippen LogP) is 2.17. The lowest BCUT2D eigenvalue weighted by atomic mass is 10.1. The van der Waals surface area contributed by atoms with E-state index in [2.05, 4.69) is 5.10 Å². The van der Waals surface area contributed by atoms with E-state index in [4.69, 9.17) is 0 Å². The molecule has 0 N–H and O–H groups in total. The Balaban J connectivity index is 1.51. The van der Waals surface area contributed by atoms with Crippen LogP contribution in [0.4, 0.5) is 0 Å². The summed E-state index contributed by atoms with van der Waals surface area (Å²) < 4.78 is 56.2. The van der Waals surface area contributed by atoms with Crippen molar-refractivity contribution >= 4 is 20.0 Å². The van der Waals surface area contributed by atoms with Gasteiger partial charge in [-0.1, -0.05) is 42.5 Å². The van der Waals surface area contributed by atoms with Gasteiger partial charge in [0.05, 0.1) is 11.1 Å². The average Bonchev–Trinajstić information content (AvgIpc) is 3.06. The van der Waals surface area contributed by atoms with Crippen molar-refractivity contribution in [3.05, 3.63) is 67.0 Å². The first-order valence-electron chi connectivity index (χ1n) is 9.93. The maximum Gasteiger partial charge on any atom is 0.246 e. The lowest BCUT2D eigenvalue weighted by Crippen LogP contribution is -2.37. The molecule has 4 rings (SSSR count). The van der Waals surface area contributed by atoms with Gasteiger partial charge in [0, 0.05) is 39.4 Å². The third-order valence-corrected chi connectivity index (χ3v) is 9.10. The van der Waals surface area contributed by atoms with Gasteiger partial charge in [-0.05, 0) is 29.7 Å². The van der Waals surface area contributed by atoms with E-state index in [1.165, 1.54) is 25.7 Å². The first-order chi connectivity index (χ1) is 14.8. The molecule has 1 aliphatic rings. The van der Waals surface area contributed by atoms with Gasteiger partial charge in [-0.25, -0.2) is 16.8 Å². The van der Waals surface area contributed by atoms with E-state index in [1.807, 2.05) is 30.3 Å². The van der Waals surface area contributed by atoms with Crippen LogP contribution in [0.5, 0.6) is 0 Å². The van der Waals surface area contributed by atoms with Crippen molar-refractivity contribution in [2.75, 3.05) is 26.2 Å². The summed E-state index contributed by atoms with van der Waals surface area (Å²) in [4.78, 5) is 0.318. The highest BCUT2D eigenvalue weighted by molar-refractivity contribution is 7.89. The van der Waals surface area contributed by atoms with Crippen LogP contribution in [-0.4, -0.2) is 61.4 Å². The molecule has 0 saturated carbocycles. The normalized spacial score (nSPS) is 16.8. The minimum Gasteiger partial charge on any atom is -0.274 e. The molecule has 2 heterocycles. The molecular weight excluding hydrogens is 436 g/mol. The Morgan fingerprint density at radius 3 is 1.81 bits per heavy atom. The summed E-state index contributed by atoms with van der Waals surface area (Å²) in [6.45, 7) is 0.721. The van der Waals surface area contributed by atoms with Crippen molar-refractivity contribution in [1.29, 1.82) is 0 Å². The smallest absolute Gasteiger partial charge is 0.246 e. The van der Waals surface area contributed by atoms with Crippen LogP contribution < -0.4 is 0 Å². The third kappa shape index (κ3) is 4.42. The number of nitrogens with zero attached hydrogens (tertiary/aromatic N) is 4. The first kappa shape index (κ1) is 21.7. The lowest BCUT2D eigenvalue weighted by Gasteiger charge is -2.21. The molecule has 0 aliphatic carbocycles. The molecule has 31 heavy (non-hydrogen) atoms. The summed E-state index contributed by atoms with van der Waals surface area (Å²) in [6.07, 6.45) is 3.17. The molecular formula is C21H24N4O4S2. The minimum atomic E-state index is -3.72. The van der Waals surface area contributed by atoms with E-state index in [0.717, 1.165) is 11.1 Å². The topological polar surface area (TPSA) is 92.6 Å². The summed E-state index contributed by atoms with van der Waals surface area (Å²) in [5, 5.41) is 3.93. The van der Waals surface area contributed by atoms with Crippen molar-refractivity contribution < 1.29 is 16.8 Å². The molecule has 0 spiro atoms. The predicted molar refractivity (Wildman–Crippen MR) is 117 cm³/mol. The van der Waals surface area contributed by atoms with Crippen molar-refractivity contribution in [1.82, 2.24) is 18.4 Å². The second-order valence-corrected chi connectivity index (χ2v) is 11.3. The number of aromatic nitrogens is 2. The summed E-state index contributed by atoms with van der Waals surface area (Å²) in [5.74, 6) is 0. The Labute approximate surface area is 182 Å². The highest BCUT2D eigenvalue weighted by atomic mass is 32.2. The van der Waals surface area contributed by atoms with Crippen LogP contribution in [0, 0.1) is 0 Å². The zero-order valence-corrected chi connectivity index (χ0v) is 18.8. The lowest BCUT2D eigenvalue weighted by molar-refractivity contribution is 0.404. The van der Waals surface area contributed by atoms with E-state index < -0.39 is 20.0 Å². The molecule has 0 atom stereocenters. The Bertz CT molecular complexity index is 1250. The highest BCUT2D eigenvalue weighted by Crippen LogP contribution is 2.24. The molecule has 1 fully saturated rings. The molecule has 0 unspecified atom stereocenters. The molecule has 8 nitrogen and oxygen atoms in total. The maximum atomic E-state index is 13.2. The number of sulfonamides is 2. The molecule has 3 aromatic rings. The highest BCUT2D eigenvalue weighted by Gasteiger charge is 2.32. The largest absolute Gasteiger partial charge is 0.274 e. The summed E-state index contributed by atoms with van der Waals surface area (Å²) in [6, 6.07) is 16.5. The SMILES string of the molecule is Cn1cc(S(=O)(=O)N2CCCN(S(=O)(=O)c3ccc(-c4ccccc4)cc3)CC2)cn1. The van der Waals surface area contributed by atoms with Crippen molar-refractivity contribution in [3.63, 3.8) is 0 Å². The monoisotopic (exact) mass is 460 g/mol. The maximum absolute atomic E-state index is 13.2. The fourth-order valence-corrected chi connectivity index (χ4v) is 6.56. The van der Waals surface area contributed by atoms with Gasteiger partial charge in [-0.2, -0.15) is 13.7 Å². The molecule has 0 radical (unpaired) electrons. The Hall–Kier alpha value is -2.53.